The minimum atomic E-state index is -0.256. The number of aromatic nitrogens is 2. The summed E-state index contributed by atoms with van der Waals surface area (Å²) >= 11 is 9.25. The number of rotatable bonds is 2. The lowest BCUT2D eigenvalue weighted by molar-refractivity contribution is 0.102. The van der Waals surface area contributed by atoms with Crippen LogP contribution >= 0.6 is 27.5 Å². The molecule has 1 amide bonds. The first-order valence-electron chi connectivity index (χ1n) is 4.42. The van der Waals surface area contributed by atoms with Crippen LogP contribution in [0.25, 0.3) is 0 Å². The van der Waals surface area contributed by atoms with E-state index >= 15 is 0 Å². The molecule has 6 heteroatoms. The van der Waals surface area contributed by atoms with Crippen LogP contribution in [-0.2, 0) is 0 Å². The first-order valence-corrected chi connectivity index (χ1v) is 5.59. The second kappa shape index (κ2) is 4.67. The van der Waals surface area contributed by atoms with E-state index in [1.54, 1.807) is 18.2 Å². The van der Waals surface area contributed by atoms with E-state index in [0.29, 0.717) is 16.3 Å². The van der Waals surface area contributed by atoms with Crippen LogP contribution in [0.4, 0.5) is 5.69 Å². The summed E-state index contributed by atoms with van der Waals surface area (Å²) in [5, 5.41) is 9.44. The number of nitrogens with zero attached hydrogens (tertiary/aromatic N) is 1. The monoisotopic (exact) mass is 299 g/mol. The molecule has 0 radical (unpaired) electrons. The number of carbonyl (C=O) groups is 1. The van der Waals surface area contributed by atoms with Crippen molar-refractivity contribution < 1.29 is 4.79 Å². The molecular weight excluding hydrogens is 293 g/mol. The Morgan fingerprint density at radius 3 is 3.00 bits per heavy atom. The van der Waals surface area contributed by atoms with Crippen LogP contribution < -0.4 is 5.32 Å². The summed E-state index contributed by atoms with van der Waals surface area (Å²) in [4.78, 5) is 11.7. The van der Waals surface area contributed by atoms with Crippen molar-refractivity contribution in [3.63, 3.8) is 0 Å². The van der Waals surface area contributed by atoms with Gasteiger partial charge in [-0.15, -0.1) is 0 Å². The summed E-state index contributed by atoms with van der Waals surface area (Å²) < 4.78 is 0.847. The van der Waals surface area contributed by atoms with E-state index < -0.39 is 0 Å². The fourth-order valence-corrected chi connectivity index (χ4v) is 1.69. The molecule has 82 valence electrons. The average molecular weight is 301 g/mol. The molecule has 0 aliphatic rings. The number of nitrogens with one attached hydrogen (secondary N) is 2. The molecule has 0 aliphatic carbocycles. The number of benzene rings is 1. The van der Waals surface area contributed by atoms with E-state index in [0.717, 1.165) is 4.47 Å². The van der Waals surface area contributed by atoms with Crippen molar-refractivity contribution in [1.82, 2.24) is 10.2 Å². The summed E-state index contributed by atoms with van der Waals surface area (Å²) in [6, 6.07) is 5.24. The van der Waals surface area contributed by atoms with Gasteiger partial charge in [0.05, 0.1) is 22.5 Å². The number of amides is 1. The van der Waals surface area contributed by atoms with Crippen molar-refractivity contribution in [3.8, 4) is 0 Å². The number of hydrogen-bond donors (Lipinski definition) is 2. The zero-order valence-electron chi connectivity index (χ0n) is 8.00. The van der Waals surface area contributed by atoms with Gasteiger partial charge in [-0.1, -0.05) is 27.5 Å². The van der Waals surface area contributed by atoms with Crippen LogP contribution in [0.5, 0.6) is 0 Å². The molecule has 16 heavy (non-hydrogen) atoms. The molecule has 0 atom stereocenters. The molecule has 2 aromatic rings. The van der Waals surface area contributed by atoms with Gasteiger partial charge in [0.2, 0.25) is 0 Å². The molecule has 2 N–H and O–H groups in total. The minimum absolute atomic E-state index is 0.256. The lowest BCUT2D eigenvalue weighted by atomic mass is 10.3. The Kier molecular flexibility index (Phi) is 3.26. The number of carbonyl (C=O) groups excluding carboxylic acids is 1. The maximum absolute atomic E-state index is 11.7. The van der Waals surface area contributed by atoms with Gasteiger partial charge in [-0.25, -0.2) is 0 Å². The number of hydrogen-bond acceptors (Lipinski definition) is 2. The van der Waals surface area contributed by atoms with Crippen molar-refractivity contribution in [3.05, 3.63) is 45.7 Å². The number of anilines is 1. The molecule has 0 saturated carbocycles. The van der Waals surface area contributed by atoms with E-state index in [9.17, 15) is 4.79 Å². The van der Waals surface area contributed by atoms with Crippen molar-refractivity contribution in [2.24, 2.45) is 0 Å². The predicted molar refractivity (Wildman–Crippen MR) is 65.7 cm³/mol. The number of halogens is 2. The molecule has 1 aromatic carbocycles. The van der Waals surface area contributed by atoms with Crippen LogP contribution in [0.15, 0.2) is 35.1 Å². The van der Waals surface area contributed by atoms with Crippen LogP contribution in [0.1, 0.15) is 10.4 Å². The summed E-state index contributed by atoms with van der Waals surface area (Å²) in [5.41, 5.74) is 1.01. The van der Waals surface area contributed by atoms with Gasteiger partial charge in [-0.05, 0) is 18.2 Å². The molecule has 0 saturated heterocycles. The minimum Gasteiger partial charge on any atom is -0.320 e. The van der Waals surface area contributed by atoms with E-state index in [1.807, 2.05) is 0 Å². The maximum atomic E-state index is 11.7. The summed E-state index contributed by atoms with van der Waals surface area (Å²) in [6.45, 7) is 0. The van der Waals surface area contributed by atoms with E-state index in [-0.39, 0.29) is 5.91 Å². The molecule has 1 heterocycles. The highest BCUT2D eigenvalue weighted by atomic mass is 79.9. The highest BCUT2D eigenvalue weighted by Gasteiger charge is 2.09. The maximum Gasteiger partial charge on any atom is 0.258 e. The van der Waals surface area contributed by atoms with Gasteiger partial charge >= 0.3 is 0 Å². The van der Waals surface area contributed by atoms with Crippen molar-refractivity contribution in [2.45, 2.75) is 0 Å². The Bertz CT molecular complexity index is 513. The highest BCUT2D eigenvalue weighted by molar-refractivity contribution is 9.10. The van der Waals surface area contributed by atoms with Gasteiger partial charge in [0, 0.05) is 10.7 Å². The second-order valence-electron chi connectivity index (χ2n) is 3.07. The third-order valence-corrected chi connectivity index (χ3v) is 2.76. The van der Waals surface area contributed by atoms with Crippen molar-refractivity contribution in [2.75, 3.05) is 5.32 Å². The molecule has 2 rings (SSSR count). The SMILES string of the molecule is O=C(Nc1cc(Br)ccc1Cl)c1cn[nH]c1. The largest absolute Gasteiger partial charge is 0.320 e. The third kappa shape index (κ3) is 2.43. The van der Waals surface area contributed by atoms with Crippen molar-refractivity contribution in [1.29, 1.82) is 0 Å². The first-order chi connectivity index (χ1) is 7.66. The fraction of sp³-hybridized carbons (Fsp3) is 0. The Balaban J connectivity index is 2.21. The highest BCUT2D eigenvalue weighted by Crippen LogP contribution is 2.25. The predicted octanol–water partition coefficient (Wildman–Crippen LogP) is 3.08. The molecule has 0 unspecified atom stereocenters. The van der Waals surface area contributed by atoms with E-state index in [2.05, 4.69) is 31.4 Å². The Morgan fingerprint density at radius 1 is 1.50 bits per heavy atom. The average Bonchev–Trinajstić information content (AvgIpc) is 2.76. The van der Waals surface area contributed by atoms with Gasteiger partial charge in [-0.2, -0.15) is 5.10 Å². The van der Waals surface area contributed by atoms with E-state index in [4.69, 9.17) is 11.6 Å². The fourth-order valence-electron chi connectivity index (χ4n) is 1.16. The van der Waals surface area contributed by atoms with Crippen molar-refractivity contribution >= 4 is 39.1 Å². The molecule has 1 aromatic heterocycles. The molecule has 0 spiro atoms. The van der Waals surface area contributed by atoms with Gasteiger partial charge in [0.15, 0.2) is 0 Å². The standard InChI is InChI=1S/C10H7BrClN3O/c11-7-1-2-8(12)9(3-7)15-10(16)6-4-13-14-5-6/h1-5H,(H,13,14)(H,15,16). The molecule has 0 fully saturated rings. The van der Waals surface area contributed by atoms with Crippen LogP contribution in [0, 0.1) is 0 Å². The summed E-state index contributed by atoms with van der Waals surface area (Å²) in [7, 11) is 0. The van der Waals surface area contributed by atoms with Crippen LogP contribution in [0.2, 0.25) is 5.02 Å². The Labute approximate surface area is 105 Å². The second-order valence-corrected chi connectivity index (χ2v) is 4.39. The van der Waals surface area contributed by atoms with Crippen LogP contribution in [0.3, 0.4) is 0 Å². The lowest BCUT2D eigenvalue weighted by Gasteiger charge is -2.06. The number of aromatic amines is 1. The first kappa shape index (κ1) is 11.2. The summed E-state index contributed by atoms with van der Waals surface area (Å²) in [6.07, 6.45) is 2.96. The molecule has 0 aliphatic heterocycles. The number of H-pyrrole nitrogens is 1. The topological polar surface area (TPSA) is 57.8 Å². The Morgan fingerprint density at radius 2 is 2.31 bits per heavy atom. The van der Waals surface area contributed by atoms with Gasteiger partial charge in [0.1, 0.15) is 0 Å². The zero-order valence-corrected chi connectivity index (χ0v) is 10.3. The van der Waals surface area contributed by atoms with Gasteiger partial charge < -0.3 is 5.32 Å². The van der Waals surface area contributed by atoms with Crippen LogP contribution in [-0.4, -0.2) is 16.1 Å². The van der Waals surface area contributed by atoms with Gasteiger partial charge in [0.25, 0.3) is 5.91 Å². The Hall–Kier alpha value is -1.33. The quantitative estimate of drug-likeness (QED) is 0.895. The van der Waals surface area contributed by atoms with Gasteiger partial charge in [-0.3, -0.25) is 9.89 Å². The smallest absolute Gasteiger partial charge is 0.258 e. The summed E-state index contributed by atoms with van der Waals surface area (Å²) in [5.74, 6) is -0.256. The normalized spacial score (nSPS) is 10.1. The van der Waals surface area contributed by atoms with E-state index in [1.165, 1.54) is 12.4 Å². The lowest BCUT2D eigenvalue weighted by Crippen LogP contribution is -2.11. The molecule has 0 bridgehead atoms. The molecular formula is C10H7BrClN3O. The molecule has 4 nitrogen and oxygen atoms in total. The zero-order chi connectivity index (χ0) is 11.5. The third-order valence-electron chi connectivity index (χ3n) is 1.94.